The highest BCUT2D eigenvalue weighted by atomic mass is 16.2. The van der Waals surface area contributed by atoms with Crippen molar-refractivity contribution in [2.24, 2.45) is 10.2 Å². The summed E-state index contributed by atoms with van der Waals surface area (Å²) in [4.78, 5) is 36.5. The summed E-state index contributed by atoms with van der Waals surface area (Å²) < 4.78 is 0. The van der Waals surface area contributed by atoms with Gasteiger partial charge in [-0.2, -0.15) is 10.2 Å². The lowest BCUT2D eigenvalue weighted by molar-refractivity contribution is 0.0942. The second kappa shape index (κ2) is 9.78. The van der Waals surface area contributed by atoms with Crippen LogP contribution in [0, 0.1) is 0 Å². The monoisotopic (exact) mass is 401 g/mol. The number of carbonyl (C=O) groups excluding carboxylic acids is 2. The topological polar surface area (TPSA) is 122 Å². The van der Waals surface area contributed by atoms with Gasteiger partial charge in [0.25, 0.3) is 11.8 Å². The highest BCUT2D eigenvalue weighted by molar-refractivity contribution is 6.02. The van der Waals surface area contributed by atoms with E-state index in [2.05, 4.69) is 36.0 Å². The Kier molecular flexibility index (Phi) is 6.67. The molecule has 3 aromatic heterocycles. The van der Waals surface area contributed by atoms with Crippen LogP contribution in [0.3, 0.4) is 0 Å². The molecule has 0 aliphatic heterocycles. The Morgan fingerprint density at radius 1 is 0.667 bits per heavy atom. The Balaban J connectivity index is 1.68. The van der Waals surface area contributed by atoms with Gasteiger partial charge in [0.15, 0.2) is 0 Å². The molecule has 0 saturated heterocycles. The number of hydrogen-bond acceptors (Lipinski definition) is 7. The van der Waals surface area contributed by atoms with E-state index in [1.807, 2.05) is 0 Å². The normalized spacial score (nSPS) is 11.7. The Morgan fingerprint density at radius 2 is 1.10 bits per heavy atom. The highest BCUT2D eigenvalue weighted by Gasteiger charge is 2.09. The summed E-state index contributed by atoms with van der Waals surface area (Å²) in [5, 5.41) is 8.16. The Labute approximate surface area is 173 Å². The number of aromatic nitrogens is 3. The average Bonchev–Trinajstić information content (AvgIpc) is 2.81. The first-order valence-electron chi connectivity index (χ1n) is 9.03. The minimum atomic E-state index is -0.416. The predicted octanol–water partition coefficient (Wildman–Crippen LogP) is 2.18. The van der Waals surface area contributed by atoms with Gasteiger partial charge in [-0.3, -0.25) is 19.6 Å². The summed E-state index contributed by atoms with van der Waals surface area (Å²) in [6, 6.07) is 15.4. The molecule has 0 saturated carbocycles. The van der Waals surface area contributed by atoms with E-state index in [0.29, 0.717) is 22.8 Å². The number of carbonyl (C=O) groups is 2. The Hall–Kier alpha value is -4.27. The molecule has 9 nitrogen and oxygen atoms in total. The molecule has 0 atom stereocenters. The van der Waals surface area contributed by atoms with E-state index in [4.69, 9.17) is 0 Å². The molecular weight excluding hydrogens is 382 g/mol. The maximum absolute atomic E-state index is 12.1. The fourth-order valence-corrected chi connectivity index (χ4v) is 2.33. The van der Waals surface area contributed by atoms with Crippen molar-refractivity contribution in [3.8, 4) is 0 Å². The van der Waals surface area contributed by atoms with Gasteiger partial charge in [-0.05, 0) is 50.2 Å². The molecule has 3 aromatic rings. The van der Waals surface area contributed by atoms with Crippen LogP contribution in [0.1, 0.15) is 46.2 Å². The molecule has 2 amide bonds. The van der Waals surface area contributed by atoms with Crippen LogP contribution in [-0.4, -0.2) is 38.2 Å². The maximum atomic E-state index is 12.1. The number of hydrogen-bond donors (Lipinski definition) is 2. The molecule has 0 spiro atoms. The molecular formula is C21H19N7O2. The fraction of sp³-hybridized carbons (Fsp3) is 0.0952. The Morgan fingerprint density at radius 3 is 1.50 bits per heavy atom. The third kappa shape index (κ3) is 5.38. The number of amides is 2. The summed E-state index contributed by atoms with van der Waals surface area (Å²) >= 11 is 0. The summed E-state index contributed by atoms with van der Waals surface area (Å²) in [5.74, 6) is -0.831. The number of nitrogens with zero attached hydrogens (tertiary/aromatic N) is 5. The first-order chi connectivity index (χ1) is 14.5. The van der Waals surface area contributed by atoms with Gasteiger partial charge in [0.05, 0.1) is 22.8 Å². The van der Waals surface area contributed by atoms with Gasteiger partial charge < -0.3 is 0 Å². The van der Waals surface area contributed by atoms with E-state index in [1.54, 1.807) is 68.4 Å². The van der Waals surface area contributed by atoms with Crippen LogP contribution in [0.5, 0.6) is 0 Å². The average molecular weight is 401 g/mol. The third-order valence-electron chi connectivity index (χ3n) is 3.94. The summed E-state index contributed by atoms with van der Waals surface area (Å²) in [5.41, 5.74) is 7.57. The van der Waals surface area contributed by atoms with E-state index in [9.17, 15) is 9.59 Å². The molecule has 0 aliphatic rings. The number of pyridine rings is 3. The van der Waals surface area contributed by atoms with Gasteiger partial charge in [-0.25, -0.2) is 15.8 Å². The lowest BCUT2D eigenvalue weighted by atomic mass is 10.2. The lowest BCUT2D eigenvalue weighted by Crippen LogP contribution is -2.21. The minimum Gasteiger partial charge on any atom is -0.266 e. The Bertz CT molecular complexity index is 1010. The van der Waals surface area contributed by atoms with Gasteiger partial charge in [0.1, 0.15) is 11.4 Å². The van der Waals surface area contributed by atoms with Gasteiger partial charge >= 0.3 is 0 Å². The molecule has 3 heterocycles. The molecule has 0 aromatic carbocycles. The molecule has 150 valence electrons. The second-order valence-electron chi connectivity index (χ2n) is 6.11. The smallest absolute Gasteiger partial charge is 0.266 e. The van der Waals surface area contributed by atoms with Crippen LogP contribution >= 0.6 is 0 Å². The standard InChI is InChI=1S/C21H19N7O2/c1-14(25-27-20(29)18-8-3-5-12-22-18)16-10-7-11-17(24-16)15(2)26-28-21(30)19-9-4-6-13-23-19/h3-13H,1-2H3,(H,27,29)(H,28,30)/b25-14+,26-15+. The molecule has 0 aliphatic carbocycles. The second-order valence-corrected chi connectivity index (χ2v) is 6.11. The molecule has 0 unspecified atom stereocenters. The van der Waals surface area contributed by atoms with Crippen molar-refractivity contribution in [3.63, 3.8) is 0 Å². The van der Waals surface area contributed by atoms with Gasteiger partial charge in [-0.1, -0.05) is 18.2 Å². The van der Waals surface area contributed by atoms with E-state index in [-0.39, 0.29) is 11.4 Å². The molecule has 2 N–H and O–H groups in total. The highest BCUT2D eigenvalue weighted by Crippen LogP contribution is 2.03. The SMILES string of the molecule is C/C(=N\NC(=O)c1ccccn1)c1cccc(/C(C)=N/NC(=O)c2ccccn2)n1. The summed E-state index contributed by atoms with van der Waals surface area (Å²) in [6.07, 6.45) is 3.07. The predicted molar refractivity (Wildman–Crippen MR) is 112 cm³/mol. The zero-order chi connectivity index (χ0) is 21.3. The van der Waals surface area contributed by atoms with Crippen molar-refractivity contribution in [2.45, 2.75) is 13.8 Å². The summed E-state index contributed by atoms with van der Waals surface area (Å²) in [6.45, 7) is 3.44. The molecule has 0 radical (unpaired) electrons. The van der Waals surface area contributed by atoms with Gasteiger partial charge in [-0.15, -0.1) is 0 Å². The number of rotatable bonds is 6. The zero-order valence-electron chi connectivity index (χ0n) is 16.4. The largest absolute Gasteiger partial charge is 0.289 e. The molecule has 9 heteroatoms. The molecule has 0 fully saturated rings. The first kappa shape index (κ1) is 20.5. The minimum absolute atomic E-state index is 0.266. The molecule has 0 bridgehead atoms. The van der Waals surface area contributed by atoms with Gasteiger partial charge in [0.2, 0.25) is 0 Å². The quantitative estimate of drug-likeness (QED) is 0.484. The van der Waals surface area contributed by atoms with E-state index in [0.717, 1.165) is 0 Å². The van der Waals surface area contributed by atoms with E-state index < -0.39 is 11.8 Å². The maximum Gasteiger partial charge on any atom is 0.289 e. The van der Waals surface area contributed by atoms with Crippen LogP contribution in [0.15, 0.2) is 77.2 Å². The van der Waals surface area contributed by atoms with E-state index in [1.165, 1.54) is 12.4 Å². The van der Waals surface area contributed by atoms with Crippen molar-refractivity contribution in [2.75, 3.05) is 0 Å². The van der Waals surface area contributed by atoms with Crippen LogP contribution in [0.25, 0.3) is 0 Å². The van der Waals surface area contributed by atoms with Crippen molar-refractivity contribution in [3.05, 3.63) is 89.8 Å². The lowest BCUT2D eigenvalue weighted by Gasteiger charge is -2.05. The van der Waals surface area contributed by atoms with E-state index >= 15 is 0 Å². The van der Waals surface area contributed by atoms with Crippen LogP contribution in [0.2, 0.25) is 0 Å². The zero-order valence-corrected chi connectivity index (χ0v) is 16.4. The summed E-state index contributed by atoms with van der Waals surface area (Å²) in [7, 11) is 0. The van der Waals surface area contributed by atoms with Crippen LogP contribution < -0.4 is 10.9 Å². The first-order valence-corrected chi connectivity index (χ1v) is 9.03. The number of hydrazone groups is 2. The van der Waals surface area contributed by atoms with Gasteiger partial charge in [0, 0.05) is 12.4 Å². The number of nitrogens with one attached hydrogen (secondary N) is 2. The van der Waals surface area contributed by atoms with Crippen LogP contribution in [0.4, 0.5) is 0 Å². The molecule has 3 rings (SSSR count). The van der Waals surface area contributed by atoms with Crippen molar-refractivity contribution >= 4 is 23.2 Å². The van der Waals surface area contributed by atoms with Crippen molar-refractivity contribution in [1.82, 2.24) is 25.8 Å². The molecule has 30 heavy (non-hydrogen) atoms. The van der Waals surface area contributed by atoms with Crippen molar-refractivity contribution in [1.29, 1.82) is 0 Å². The fourth-order valence-electron chi connectivity index (χ4n) is 2.33. The third-order valence-corrected chi connectivity index (χ3v) is 3.94. The van der Waals surface area contributed by atoms with Crippen LogP contribution in [-0.2, 0) is 0 Å². The van der Waals surface area contributed by atoms with Crippen molar-refractivity contribution < 1.29 is 9.59 Å².